The summed E-state index contributed by atoms with van der Waals surface area (Å²) in [5.74, 6) is -1.44. The number of nitrogens with zero attached hydrogens (tertiary/aromatic N) is 1. The Balaban J connectivity index is 1.94. The molecular formula is C21H13ClFNO5S2. The van der Waals surface area contributed by atoms with Gasteiger partial charge in [-0.1, -0.05) is 22.9 Å². The largest absolute Gasteiger partial charge is 0.414 e. The number of benzene rings is 3. The van der Waals surface area contributed by atoms with E-state index in [1.807, 2.05) is 0 Å². The van der Waals surface area contributed by atoms with Crippen LogP contribution in [0.2, 0.25) is 5.02 Å². The van der Waals surface area contributed by atoms with Gasteiger partial charge < -0.3 is 4.42 Å². The van der Waals surface area contributed by atoms with E-state index < -0.39 is 26.7 Å². The molecule has 10 heteroatoms. The highest BCUT2D eigenvalue weighted by molar-refractivity contribution is 7.93. The molecule has 0 fully saturated rings. The van der Waals surface area contributed by atoms with Gasteiger partial charge in [0.15, 0.2) is 0 Å². The van der Waals surface area contributed by atoms with Crippen molar-refractivity contribution >= 4 is 54.8 Å². The van der Waals surface area contributed by atoms with Gasteiger partial charge in [-0.25, -0.2) is 17.6 Å². The van der Waals surface area contributed by atoms with E-state index in [0.717, 1.165) is 29.5 Å². The Labute approximate surface area is 185 Å². The second kappa shape index (κ2) is 7.92. The molecular weight excluding hydrogens is 465 g/mol. The molecule has 1 heterocycles. The van der Waals surface area contributed by atoms with Gasteiger partial charge in [0.1, 0.15) is 11.4 Å². The molecule has 0 unspecified atom stereocenters. The number of halogens is 2. The number of rotatable bonds is 4. The lowest BCUT2D eigenvalue weighted by atomic mass is 10.2. The third-order valence-electron chi connectivity index (χ3n) is 4.48. The quantitative estimate of drug-likeness (QED) is 0.413. The van der Waals surface area contributed by atoms with Crippen molar-refractivity contribution in [1.82, 2.24) is 0 Å². The Morgan fingerprint density at radius 1 is 1.06 bits per heavy atom. The van der Waals surface area contributed by atoms with Crippen molar-refractivity contribution in [3.8, 4) is 0 Å². The fourth-order valence-electron chi connectivity index (χ4n) is 3.06. The summed E-state index contributed by atoms with van der Waals surface area (Å²) in [6.45, 7) is 1.44. The highest BCUT2D eigenvalue weighted by atomic mass is 35.5. The molecule has 0 aliphatic heterocycles. The molecule has 158 valence electrons. The first-order valence-electron chi connectivity index (χ1n) is 8.82. The van der Waals surface area contributed by atoms with Crippen molar-refractivity contribution in [2.75, 3.05) is 4.31 Å². The molecule has 0 radical (unpaired) electrons. The third kappa shape index (κ3) is 3.99. The van der Waals surface area contributed by atoms with Crippen LogP contribution >= 0.6 is 22.9 Å². The van der Waals surface area contributed by atoms with Crippen molar-refractivity contribution in [2.24, 2.45) is 0 Å². The maximum Gasteiger partial charge on any atom is 0.396 e. The van der Waals surface area contributed by atoms with Gasteiger partial charge in [0.05, 0.1) is 15.3 Å². The number of amides is 1. The molecule has 4 rings (SSSR count). The van der Waals surface area contributed by atoms with E-state index in [1.54, 1.807) is 0 Å². The van der Waals surface area contributed by atoms with Crippen molar-refractivity contribution in [2.45, 2.75) is 11.8 Å². The van der Waals surface area contributed by atoms with Gasteiger partial charge >= 0.3 is 4.94 Å². The van der Waals surface area contributed by atoms with Crippen LogP contribution in [0, 0.1) is 12.7 Å². The summed E-state index contributed by atoms with van der Waals surface area (Å²) in [5.41, 5.74) is 0.498. The van der Waals surface area contributed by atoms with Crippen LogP contribution in [0.4, 0.5) is 10.1 Å². The van der Waals surface area contributed by atoms with Gasteiger partial charge in [-0.2, -0.15) is 4.31 Å². The smallest absolute Gasteiger partial charge is 0.396 e. The van der Waals surface area contributed by atoms with Gasteiger partial charge in [-0.05, 0) is 73.2 Å². The van der Waals surface area contributed by atoms with Gasteiger partial charge in [0.2, 0.25) is 0 Å². The van der Waals surface area contributed by atoms with E-state index in [9.17, 15) is 22.4 Å². The first-order valence-corrected chi connectivity index (χ1v) is 11.5. The van der Waals surface area contributed by atoms with Crippen LogP contribution in [-0.4, -0.2) is 14.3 Å². The molecule has 0 bridgehead atoms. The first-order chi connectivity index (χ1) is 14.7. The zero-order chi connectivity index (χ0) is 22.3. The van der Waals surface area contributed by atoms with Crippen LogP contribution in [-0.2, 0) is 10.0 Å². The highest BCUT2D eigenvalue weighted by Gasteiger charge is 2.33. The summed E-state index contributed by atoms with van der Waals surface area (Å²) in [4.78, 5) is 24.1. The normalized spacial score (nSPS) is 11.6. The third-order valence-corrected chi connectivity index (χ3v) is 7.39. The van der Waals surface area contributed by atoms with E-state index in [-0.39, 0.29) is 27.3 Å². The monoisotopic (exact) mass is 477 g/mol. The van der Waals surface area contributed by atoms with Crippen LogP contribution in [0.25, 0.3) is 10.3 Å². The van der Waals surface area contributed by atoms with Crippen molar-refractivity contribution < 1.29 is 22.0 Å². The summed E-state index contributed by atoms with van der Waals surface area (Å²) < 4.78 is 46.7. The lowest BCUT2D eigenvalue weighted by Gasteiger charge is -2.23. The number of hydrogen-bond donors (Lipinski definition) is 0. The summed E-state index contributed by atoms with van der Waals surface area (Å²) in [6.07, 6.45) is 0. The number of sulfonamides is 1. The number of anilines is 1. The topological polar surface area (TPSA) is 84.7 Å². The molecule has 1 aromatic heterocycles. The maximum atomic E-state index is 13.6. The summed E-state index contributed by atoms with van der Waals surface area (Å²) >= 11 is 6.67. The standard InChI is InChI=1S/C21H13ClFNO5S2/c1-12-10-15(23)6-9-19(12)31(27,28)24(20(25)13-2-4-14(22)5-3-13)16-7-8-17-18(11-16)30-21(26)29-17/h2-11H,1H3. The lowest BCUT2D eigenvalue weighted by Crippen LogP contribution is -2.37. The predicted octanol–water partition coefficient (Wildman–Crippen LogP) is 4.99. The van der Waals surface area contributed by atoms with E-state index in [2.05, 4.69) is 0 Å². The summed E-state index contributed by atoms with van der Waals surface area (Å²) in [7, 11) is -4.44. The summed E-state index contributed by atoms with van der Waals surface area (Å²) in [6, 6.07) is 13.1. The Morgan fingerprint density at radius 3 is 2.45 bits per heavy atom. The molecule has 0 atom stereocenters. The molecule has 4 aromatic rings. The van der Waals surface area contributed by atoms with Gasteiger partial charge in [0.25, 0.3) is 15.9 Å². The zero-order valence-electron chi connectivity index (χ0n) is 15.8. The predicted molar refractivity (Wildman–Crippen MR) is 117 cm³/mol. The average Bonchev–Trinajstić information content (AvgIpc) is 3.07. The van der Waals surface area contributed by atoms with E-state index >= 15 is 0 Å². The molecule has 6 nitrogen and oxygen atoms in total. The zero-order valence-corrected chi connectivity index (χ0v) is 18.2. The summed E-state index contributed by atoms with van der Waals surface area (Å²) in [5, 5.41) is 0.380. The van der Waals surface area contributed by atoms with Crippen molar-refractivity contribution in [3.05, 3.63) is 92.4 Å². The molecule has 0 spiro atoms. The molecule has 0 saturated heterocycles. The molecule has 3 aromatic carbocycles. The fraction of sp³-hybridized carbons (Fsp3) is 0.0476. The molecule has 31 heavy (non-hydrogen) atoms. The van der Waals surface area contributed by atoms with Crippen molar-refractivity contribution in [1.29, 1.82) is 0 Å². The second-order valence-corrected chi connectivity index (χ2v) is 9.75. The first kappa shape index (κ1) is 21.2. The highest BCUT2D eigenvalue weighted by Crippen LogP contribution is 2.31. The number of aryl methyl sites for hydroxylation is 1. The number of carbonyl (C=O) groups excluding carboxylic acids is 1. The Hall–Kier alpha value is -3.01. The van der Waals surface area contributed by atoms with E-state index in [4.69, 9.17) is 16.0 Å². The van der Waals surface area contributed by atoms with Crippen molar-refractivity contribution in [3.63, 3.8) is 0 Å². The Bertz CT molecular complexity index is 1480. The van der Waals surface area contributed by atoms with Crippen LogP contribution in [0.15, 0.2) is 74.8 Å². The minimum atomic E-state index is -4.44. The lowest BCUT2D eigenvalue weighted by molar-refractivity contribution is 0.101. The van der Waals surface area contributed by atoms with Crippen LogP contribution < -0.4 is 9.24 Å². The van der Waals surface area contributed by atoms with Crippen LogP contribution in [0.1, 0.15) is 15.9 Å². The van der Waals surface area contributed by atoms with Crippen LogP contribution in [0.5, 0.6) is 0 Å². The molecule has 0 N–H and O–H groups in total. The minimum absolute atomic E-state index is 0.00762. The Kier molecular flexibility index (Phi) is 5.42. The fourth-order valence-corrected chi connectivity index (χ4v) is 5.51. The average molecular weight is 478 g/mol. The van der Waals surface area contributed by atoms with E-state index in [1.165, 1.54) is 49.4 Å². The number of hydrogen-bond acceptors (Lipinski definition) is 6. The SMILES string of the molecule is Cc1cc(F)ccc1S(=O)(=O)N(C(=O)c1ccc(Cl)cc1)c1ccc2oc(=O)sc2c1. The second-order valence-electron chi connectivity index (χ2n) is 6.58. The molecule has 1 amide bonds. The maximum absolute atomic E-state index is 13.6. The molecule has 0 aliphatic rings. The number of fused-ring (bicyclic) bond motifs is 1. The van der Waals surface area contributed by atoms with E-state index in [0.29, 0.717) is 14.0 Å². The van der Waals surface area contributed by atoms with Gasteiger partial charge in [0, 0.05) is 10.6 Å². The van der Waals surface area contributed by atoms with Gasteiger partial charge in [-0.3, -0.25) is 4.79 Å². The Morgan fingerprint density at radius 2 is 1.77 bits per heavy atom. The number of carbonyl (C=O) groups is 1. The molecule has 0 saturated carbocycles. The molecule has 0 aliphatic carbocycles. The van der Waals surface area contributed by atoms with Crippen LogP contribution in [0.3, 0.4) is 0 Å². The minimum Gasteiger partial charge on any atom is -0.414 e. The van der Waals surface area contributed by atoms with Gasteiger partial charge in [-0.15, -0.1) is 0 Å².